The first-order valence-corrected chi connectivity index (χ1v) is 12.2. The van der Waals surface area contributed by atoms with E-state index >= 15 is 0 Å². The van der Waals surface area contributed by atoms with Gasteiger partial charge in [-0.1, -0.05) is 61.0 Å². The molecule has 1 aliphatic heterocycles. The van der Waals surface area contributed by atoms with Crippen molar-refractivity contribution in [1.82, 2.24) is 9.88 Å². The Kier molecular flexibility index (Phi) is 7.87. The monoisotopic (exact) mass is 458 g/mol. The highest BCUT2D eigenvalue weighted by molar-refractivity contribution is 7.21. The molecule has 0 radical (unpaired) electrons. The minimum Gasteiger partial charge on any atom is -0.471 e. The summed E-state index contributed by atoms with van der Waals surface area (Å²) in [4.78, 5) is 16.6. The Hall–Kier alpha value is -3.02. The first kappa shape index (κ1) is 23.1. The minimum atomic E-state index is 0.375. The van der Waals surface area contributed by atoms with E-state index in [1.807, 2.05) is 0 Å². The van der Waals surface area contributed by atoms with E-state index in [0.717, 1.165) is 17.1 Å². The molecule has 1 aromatic heterocycles. The molecule has 1 fully saturated rings. The summed E-state index contributed by atoms with van der Waals surface area (Å²) in [5, 5.41) is 1.12. The fourth-order valence-corrected chi connectivity index (χ4v) is 5.39. The Morgan fingerprint density at radius 2 is 1.70 bits per heavy atom. The third kappa shape index (κ3) is 5.67. The second-order valence-corrected chi connectivity index (χ2v) is 9.36. The van der Waals surface area contributed by atoms with Gasteiger partial charge in [-0.05, 0) is 67.2 Å². The number of hydrogen-bond acceptors (Lipinski definition) is 5. The van der Waals surface area contributed by atoms with Gasteiger partial charge in [0, 0.05) is 12.1 Å². The molecule has 0 N–H and O–H groups in total. The smallest absolute Gasteiger partial charge is 0.292 e. The normalized spacial score (nSPS) is 13.9. The van der Waals surface area contributed by atoms with E-state index < -0.39 is 0 Å². The lowest BCUT2D eigenvalue weighted by molar-refractivity contribution is -0.126. The Labute approximate surface area is 199 Å². The van der Waals surface area contributed by atoms with Crippen LogP contribution in [0.15, 0.2) is 66.7 Å². The number of benzene rings is 3. The molecule has 33 heavy (non-hydrogen) atoms. The van der Waals surface area contributed by atoms with Crippen LogP contribution >= 0.6 is 11.3 Å². The van der Waals surface area contributed by atoms with E-state index in [9.17, 15) is 0 Å². The summed E-state index contributed by atoms with van der Waals surface area (Å²) >= 11 is 1.80. The van der Waals surface area contributed by atoms with Crippen LogP contribution in [-0.2, 0) is 16.1 Å². The number of fused-ring (bicyclic) bond motifs is 1. The Bertz CT molecular complexity index is 1200. The maximum atomic E-state index is 8.95. The number of ether oxygens (including phenoxy) is 1. The molecule has 4 nitrogen and oxygen atoms in total. The number of rotatable bonds is 5. The molecule has 1 saturated heterocycles. The maximum absolute atomic E-state index is 8.95. The van der Waals surface area contributed by atoms with Gasteiger partial charge in [-0.2, -0.15) is 0 Å². The van der Waals surface area contributed by atoms with Crippen LogP contribution in [0, 0.1) is 6.92 Å². The van der Waals surface area contributed by atoms with Crippen LogP contribution in [0.1, 0.15) is 30.4 Å². The van der Waals surface area contributed by atoms with Gasteiger partial charge in [0.15, 0.2) is 0 Å². The lowest BCUT2D eigenvalue weighted by atomic mass is 9.97. The molecule has 4 aromatic rings. The van der Waals surface area contributed by atoms with Crippen molar-refractivity contribution >= 4 is 28.0 Å². The molecule has 2 heterocycles. The number of piperidine rings is 1. The van der Waals surface area contributed by atoms with Crippen LogP contribution in [-0.4, -0.2) is 36.6 Å². The molecule has 0 bridgehead atoms. The molecule has 5 rings (SSSR count). The Morgan fingerprint density at radius 1 is 0.970 bits per heavy atom. The zero-order valence-electron chi connectivity index (χ0n) is 19.3. The number of carbonyl (C=O) groups is 1. The molecule has 0 amide bonds. The first-order chi connectivity index (χ1) is 16.2. The van der Waals surface area contributed by atoms with Crippen molar-refractivity contribution in [2.45, 2.75) is 32.7 Å². The second kappa shape index (κ2) is 11.2. The molecule has 0 unspecified atom stereocenters. The molecule has 1 aliphatic rings. The topological polar surface area (TPSA) is 42.4 Å². The summed E-state index contributed by atoms with van der Waals surface area (Å²) in [7, 11) is 1.31. The van der Waals surface area contributed by atoms with Gasteiger partial charge in [0.05, 0.1) is 17.3 Å². The highest BCUT2D eigenvalue weighted by Crippen LogP contribution is 2.36. The van der Waals surface area contributed by atoms with Crippen LogP contribution in [0.25, 0.3) is 31.9 Å². The highest BCUT2D eigenvalue weighted by Gasteiger charge is 2.14. The molecule has 170 valence electrons. The van der Waals surface area contributed by atoms with Gasteiger partial charge in [0.25, 0.3) is 6.47 Å². The number of carbonyl (C=O) groups excluding carboxylic acids is 1. The average molecular weight is 459 g/mol. The van der Waals surface area contributed by atoms with E-state index in [-0.39, 0.29) is 0 Å². The summed E-state index contributed by atoms with van der Waals surface area (Å²) in [6, 6.07) is 24.0. The van der Waals surface area contributed by atoms with Gasteiger partial charge in [-0.25, -0.2) is 4.98 Å². The molecule has 3 aromatic carbocycles. The molecular formula is C28H30N2O2S. The molecule has 0 saturated carbocycles. The van der Waals surface area contributed by atoms with Crippen LogP contribution < -0.4 is 0 Å². The zero-order valence-corrected chi connectivity index (χ0v) is 20.1. The predicted octanol–water partition coefficient (Wildman–Crippen LogP) is 6.71. The summed E-state index contributed by atoms with van der Waals surface area (Å²) in [5.41, 5.74) is 7.59. The van der Waals surface area contributed by atoms with Crippen molar-refractivity contribution in [2.75, 3.05) is 20.2 Å². The number of likely N-dealkylation sites (tertiary alicyclic amines) is 1. The number of aromatic nitrogens is 1. The second-order valence-electron chi connectivity index (χ2n) is 8.33. The quantitative estimate of drug-likeness (QED) is 0.312. The fourth-order valence-electron chi connectivity index (χ4n) is 4.36. The molecular weight excluding hydrogens is 428 g/mol. The van der Waals surface area contributed by atoms with Crippen LogP contribution in [0.5, 0.6) is 0 Å². The third-order valence-electron chi connectivity index (χ3n) is 6.05. The first-order valence-electron chi connectivity index (χ1n) is 11.4. The van der Waals surface area contributed by atoms with E-state index in [1.54, 1.807) is 11.3 Å². The fraction of sp³-hybridized carbons (Fsp3) is 0.286. The summed E-state index contributed by atoms with van der Waals surface area (Å²) < 4.78 is 5.13. The van der Waals surface area contributed by atoms with E-state index in [1.165, 1.54) is 72.0 Å². The van der Waals surface area contributed by atoms with Crippen LogP contribution in [0.4, 0.5) is 0 Å². The van der Waals surface area contributed by atoms with Gasteiger partial charge < -0.3 is 4.74 Å². The van der Waals surface area contributed by atoms with Gasteiger partial charge in [0.1, 0.15) is 5.01 Å². The molecule has 0 aliphatic carbocycles. The number of methoxy groups -OCH3 is 1. The van der Waals surface area contributed by atoms with Crippen LogP contribution in [0.3, 0.4) is 0 Å². The third-order valence-corrected chi connectivity index (χ3v) is 7.12. The maximum Gasteiger partial charge on any atom is 0.292 e. The summed E-state index contributed by atoms with van der Waals surface area (Å²) in [6.45, 7) is 6.09. The van der Waals surface area contributed by atoms with E-state index in [4.69, 9.17) is 9.78 Å². The average Bonchev–Trinajstić information content (AvgIpc) is 3.29. The Morgan fingerprint density at radius 3 is 2.42 bits per heavy atom. The lowest BCUT2D eigenvalue weighted by Gasteiger charge is -2.26. The number of thiazole rings is 1. The SMILES string of the molecule is COC=O.Cc1c(-c2ccccc2)cccc1-c1nc2cc(CN3CCCCC3)ccc2s1. The lowest BCUT2D eigenvalue weighted by Crippen LogP contribution is -2.29. The zero-order chi connectivity index (χ0) is 23.0. The molecule has 0 spiro atoms. The van der Waals surface area contributed by atoms with Gasteiger partial charge >= 0.3 is 0 Å². The standard InChI is InChI=1S/C26H26N2S.C2H4O2/c1-19-22(21-9-4-2-5-10-21)11-8-12-23(19)26-27-24-17-20(13-14-25(24)29-26)18-28-15-6-3-7-16-28;1-4-2-3/h2,4-5,8-14,17H,3,6-7,15-16,18H2,1H3;2H,1H3. The van der Waals surface area contributed by atoms with Crippen molar-refractivity contribution in [1.29, 1.82) is 0 Å². The van der Waals surface area contributed by atoms with Crippen molar-refractivity contribution in [3.8, 4) is 21.7 Å². The predicted molar refractivity (Wildman–Crippen MR) is 137 cm³/mol. The number of nitrogens with zero attached hydrogens (tertiary/aromatic N) is 2. The Balaban J connectivity index is 0.000000601. The highest BCUT2D eigenvalue weighted by atomic mass is 32.1. The molecule has 0 atom stereocenters. The van der Waals surface area contributed by atoms with Crippen molar-refractivity contribution in [3.63, 3.8) is 0 Å². The van der Waals surface area contributed by atoms with E-state index in [2.05, 4.69) is 83.3 Å². The summed E-state index contributed by atoms with van der Waals surface area (Å²) in [5.74, 6) is 0. The van der Waals surface area contributed by atoms with Crippen molar-refractivity contribution in [2.24, 2.45) is 0 Å². The van der Waals surface area contributed by atoms with Gasteiger partial charge in [-0.15, -0.1) is 11.3 Å². The van der Waals surface area contributed by atoms with Gasteiger partial charge in [-0.3, -0.25) is 9.69 Å². The summed E-state index contributed by atoms with van der Waals surface area (Å²) in [6.07, 6.45) is 4.05. The van der Waals surface area contributed by atoms with E-state index in [0.29, 0.717) is 6.47 Å². The molecule has 5 heteroatoms. The largest absolute Gasteiger partial charge is 0.471 e. The van der Waals surface area contributed by atoms with Gasteiger partial charge in [0.2, 0.25) is 0 Å². The van der Waals surface area contributed by atoms with Crippen LogP contribution in [0.2, 0.25) is 0 Å². The van der Waals surface area contributed by atoms with Crippen molar-refractivity contribution in [3.05, 3.63) is 77.9 Å². The van der Waals surface area contributed by atoms with Crippen molar-refractivity contribution < 1.29 is 9.53 Å². The minimum absolute atomic E-state index is 0.375. The number of hydrogen-bond donors (Lipinski definition) is 0.